The third-order valence-corrected chi connectivity index (χ3v) is 3.28. The zero-order valence-electron chi connectivity index (χ0n) is 11.1. The Morgan fingerprint density at radius 2 is 1.86 bits per heavy atom. The summed E-state index contributed by atoms with van der Waals surface area (Å²) in [6, 6.07) is 4.68. The van der Waals surface area contributed by atoms with E-state index < -0.39 is 36.6 Å². The molecule has 1 aromatic carbocycles. The van der Waals surface area contributed by atoms with Crippen LogP contribution in [0.5, 0.6) is 0 Å². The Morgan fingerprint density at radius 1 is 1.24 bits per heavy atom. The highest BCUT2D eigenvalue weighted by molar-refractivity contribution is 5.83. The lowest BCUT2D eigenvalue weighted by Gasteiger charge is -2.21. The SMILES string of the molecule is O=C(O)CN(C(=O)Cc1ccccc1C(F)(F)F)C1CC1. The van der Waals surface area contributed by atoms with E-state index in [-0.39, 0.29) is 11.6 Å². The molecule has 1 aliphatic carbocycles. The third kappa shape index (κ3) is 3.96. The predicted molar refractivity (Wildman–Crippen MR) is 67.5 cm³/mol. The van der Waals surface area contributed by atoms with Crippen molar-refractivity contribution in [3.63, 3.8) is 0 Å². The van der Waals surface area contributed by atoms with Crippen LogP contribution in [0.3, 0.4) is 0 Å². The highest BCUT2D eigenvalue weighted by atomic mass is 19.4. The average molecular weight is 301 g/mol. The van der Waals surface area contributed by atoms with Crippen molar-refractivity contribution in [2.75, 3.05) is 6.54 Å². The zero-order valence-corrected chi connectivity index (χ0v) is 11.1. The minimum atomic E-state index is -4.53. The molecule has 0 spiro atoms. The second-order valence-electron chi connectivity index (χ2n) is 4.98. The summed E-state index contributed by atoms with van der Waals surface area (Å²) in [6.45, 7) is -0.475. The van der Waals surface area contributed by atoms with Gasteiger partial charge in [0.1, 0.15) is 6.54 Å². The van der Waals surface area contributed by atoms with E-state index in [1.807, 2.05) is 0 Å². The van der Waals surface area contributed by atoms with Gasteiger partial charge >= 0.3 is 12.1 Å². The Balaban J connectivity index is 2.17. The molecule has 0 unspecified atom stereocenters. The van der Waals surface area contributed by atoms with Gasteiger partial charge < -0.3 is 10.0 Å². The predicted octanol–water partition coefficient (Wildman–Crippen LogP) is 2.32. The van der Waals surface area contributed by atoms with Gasteiger partial charge in [0.15, 0.2) is 0 Å². The Labute approximate surface area is 119 Å². The van der Waals surface area contributed by atoms with Crippen molar-refractivity contribution in [1.82, 2.24) is 4.90 Å². The number of hydrogen-bond acceptors (Lipinski definition) is 2. The van der Waals surface area contributed by atoms with Gasteiger partial charge in [-0.2, -0.15) is 13.2 Å². The number of halogens is 3. The van der Waals surface area contributed by atoms with E-state index in [9.17, 15) is 22.8 Å². The van der Waals surface area contributed by atoms with E-state index in [2.05, 4.69) is 0 Å². The maximum atomic E-state index is 12.9. The first kappa shape index (κ1) is 15.3. The maximum absolute atomic E-state index is 12.9. The molecule has 0 aliphatic heterocycles. The summed E-state index contributed by atoms with van der Waals surface area (Å²) in [6.07, 6.45) is -3.59. The number of carboxylic acids is 1. The Hall–Kier alpha value is -2.05. The standard InChI is InChI=1S/C14H14F3NO3/c15-14(16,17)11-4-2-1-3-9(11)7-12(19)18(8-13(20)21)10-5-6-10/h1-4,10H,5-8H2,(H,20,21). The monoisotopic (exact) mass is 301 g/mol. The van der Waals surface area contributed by atoms with E-state index in [0.717, 1.165) is 11.0 Å². The van der Waals surface area contributed by atoms with Gasteiger partial charge in [0.05, 0.1) is 12.0 Å². The molecular formula is C14H14F3NO3. The number of nitrogens with zero attached hydrogens (tertiary/aromatic N) is 1. The summed E-state index contributed by atoms with van der Waals surface area (Å²) in [4.78, 5) is 24.0. The largest absolute Gasteiger partial charge is 0.480 e. The molecule has 0 saturated heterocycles. The molecule has 1 aliphatic rings. The molecular weight excluding hydrogens is 287 g/mol. The van der Waals surface area contributed by atoms with Crippen molar-refractivity contribution >= 4 is 11.9 Å². The van der Waals surface area contributed by atoms with Gasteiger partial charge in [-0.1, -0.05) is 18.2 Å². The van der Waals surface area contributed by atoms with E-state index in [1.165, 1.54) is 18.2 Å². The Morgan fingerprint density at radius 3 is 2.38 bits per heavy atom. The average Bonchev–Trinajstić information content (AvgIpc) is 3.19. The van der Waals surface area contributed by atoms with Crippen LogP contribution in [0.25, 0.3) is 0 Å². The molecule has 1 fully saturated rings. The Bertz CT molecular complexity index is 553. The number of rotatable bonds is 5. The summed E-state index contributed by atoms with van der Waals surface area (Å²) in [5, 5.41) is 8.79. The molecule has 1 amide bonds. The smallest absolute Gasteiger partial charge is 0.416 e. The molecule has 1 N–H and O–H groups in total. The van der Waals surface area contributed by atoms with Gasteiger partial charge in [0, 0.05) is 6.04 Å². The summed E-state index contributed by atoms with van der Waals surface area (Å²) in [7, 11) is 0. The quantitative estimate of drug-likeness (QED) is 0.908. The van der Waals surface area contributed by atoms with Crippen molar-refractivity contribution in [2.24, 2.45) is 0 Å². The maximum Gasteiger partial charge on any atom is 0.416 e. The number of carbonyl (C=O) groups is 2. The first-order valence-corrected chi connectivity index (χ1v) is 6.45. The summed E-state index contributed by atoms with van der Waals surface area (Å²) in [5.74, 6) is -1.75. The molecule has 1 aromatic rings. The fraction of sp³-hybridized carbons (Fsp3) is 0.429. The first-order valence-electron chi connectivity index (χ1n) is 6.45. The van der Waals surface area contributed by atoms with Crippen LogP contribution in [-0.2, 0) is 22.2 Å². The van der Waals surface area contributed by atoms with Crippen LogP contribution in [0.15, 0.2) is 24.3 Å². The van der Waals surface area contributed by atoms with E-state index in [1.54, 1.807) is 0 Å². The van der Waals surface area contributed by atoms with Gasteiger partial charge in [-0.25, -0.2) is 0 Å². The molecule has 0 heterocycles. The third-order valence-electron chi connectivity index (χ3n) is 3.28. The summed E-state index contributed by atoms with van der Waals surface area (Å²) < 4.78 is 38.6. The molecule has 0 atom stereocenters. The first-order chi connectivity index (χ1) is 9.79. The van der Waals surface area contributed by atoms with Gasteiger partial charge in [-0.05, 0) is 24.5 Å². The Kier molecular flexibility index (Phi) is 4.20. The van der Waals surface area contributed by atoms with Crippen molar-refractivity contribution in [1.29, 1.82) is 0 Å². The molecule has 2 rings (SSSR count). The molecule has 0 bridgehead atoms. The highest BCUT2D eigenvalue weighted by Crippen LogP contribution is 2.33. The summed E-state index contributed by atoms with van der Waals surface area (Å²) in [5.41, 5.74) is -0.990. The van der Waals surface area contributed by atoms with Crippen molar-refractivity contribution in [3.05, 3.63) is 35.4 Å². The van der Waals surface area contributed by atoms with Crippen molar-refractivity contribution in [2.45, 2.75) is 31.5 Å². The number of amides is 1. The lowest BCUT2D eigenvalue weighted by atomic mass is 10.0. The van der Waals surface area contributed by atoms with Crippen LogP contribution in [0.4, 0.5) is 13.2 Å². The van der Waals surface area contributed by atoms with Crippen LogP contribution in [0.1, 0.15) is 24.0 Å². The number of carbonyl (C=O) groups excluding carboxylic acids is 1. The van der Waals surface area contributed by atoms with Gasteiger partial charge in [-0.15, -0.1) is 0 Å². The topological polar surface area (TPSA) is 57.6 Å². The summed E-state index contributed by atoms with van der Waals surface area (Å²) >= 11 is 0. The number of carboxylic acid groups (broad SMARTS) is 1. The lowest BCUT2D eigenvalue weighted by Crippen LogP contribution is -2.38. The fourth-order valence-electron chi connectivity index (χ4n) is 2.17. The lowest BCUT2D eigenvalue weighted by molar-refractivity contribution is -0.145. The number of hydrogen-bond donors (Lipinski definition) is 1. The van der Waals surface area contributed by atoms with Crippen molar-refractivity contribution < 1.29 is 27.9 Å². The van der Waals surface area contributed by atoms with E-state index >= 15 is 0 Å². The van der Waals surface area contributed by atoms with Gasteiger partial charge in [0.2, 0.25) is 5.91 Å². The van der Waals surface area contributed by atoms with Crippen LogP contribution >= 0.6 is 0 Å². The molecule has 4 nitrogen and oxygen atoms in total. The molecule has 114 valence electrons. The normalized spacial score (nSPS) is 14.8. The second-order valence-corrected chi connectivity index (χ2v) is 4.98. The van der Waals surface area contributed by atoms with Crippen molar-refractivity contribution in [3.8, 4) is 0 Å². The highest BCUT2D eigenvalue weighted by Gasteiger charge is 2.36. The molecule has 0 aromatic heterocycles. The zero-order chi connectivity index (χ0) is 15.6. The minimum absolute atomic E-state index is 0.133. The number of aliphatic carboxylic acids is 1. The van der Waals surface area contributed by atoms with E-state index in [4.69, 9.17) is 5.11 Å². The molecule has 0 radical (unpaired) electrons. The van der Waals surface area contributed by atoms with Crippen LogP contribution < -0.4 is 0 Å². The number of alkyl halides is 3. The van der Waals surface area contributed by atoms with Crippen LogP contribution in [0.2, 0.25) is 0 Å². The van der Waals surface area contributed by atoms with Gasteiger partial charge in [-0.3, -0.25) is 9.59 Å². The minimum Gasteiger partial charge on any atom is -0.480 e. The van der Waals surface area contributed by atoms with E-state index in [0.29, 0.717) is 12.8 Å². The van der Waals surface area contributed by atoms with Crippen LogP contribution in [0, 0.1) is 0 Å². The van der Waals surface area contributed by atoms with Gasteiger partial charge in [0.25, 0.3) is 0 Å². The second kappa shape index (κ2) is 5.75. The molecule has 7 heteroatoms. The van der Waals surface area contributed by atoms with Crippen LogP contribution in [-0.4, -0.2) is 34.5 Å². The number of benzene rings is 1. The molecule has 1 saturated carbocycles. The molecule has 21 heavy (non-hydrogen) atoms. The fourth-order valence-corrected chi connectivity index (χ4v) is 2.17.